The van der Waals surface area contributed by atoms with Crippen LogP contribution < -0.4 is 10.1 Å². The highest BCUT2D eigenvalue weighted by Gasteiger charge is 2.45. The summed E-state index contributed by atoms with van der Waals surface area (Å²) in [4.78, 5) is 45.6. The second-order valence-electron chi connectivity index (χ2n) is 12.1. The molecule has 2 saturated carbocycles. The third kappa shape index (κ3) is 7.20. The number of benzene rings is 1. The van der Waals surface area contributed by atoms with Gasteiger partial charge in [-0.3, -0.25) is 4.79 Å². The summed E-state index contributed by atoms with van der Waals surface area (Å²) < 4.78 is 12.2. The van der Waals surface area contributed by atoms with E-state index < -0.39 is 36.2 Å². The average Bonchev–Trinajstić information content (AvgIpc) is 3.77. The SMILES string of the molecule is C=CCCC[C@H]1CCC[C@@H]1OC(=O)N[C@H](C(=O)N1C[C@H](Oc2cc3ccccc3nc2C=C)C[C@H]1C(=O)O)C1CCCC1. The van der Waals surface area contributed by atoms with Crippen molar-refractivity contribution in [2.24, 2.45) is 11.8 Å². The first-order valence-electron chi connectivity index (χ1n) is 15.7. The van der Waals surface area contributed by atoms with Gasteiger partial charge in [0.2, 0.25) is 5.91 Å². The molecule has 0 unspecified atom stereocenters. The Morgan fingerprint density at radius 3 is 2.65 bits per heavy atom. The molecule has 0 bridgehead atoms. The standard InChI is InChI=1S/C34H43N3O6/c1-3-5-6-12-22-16-11-18-29(22)43-34(41)36-31(23-13-7-8-14-23)32(38)37-21-25(20-28(37)33(39)40)42-30-19-24-15-9-10-17-27(24)35-26(30)4-2/h3-4,9-10,15,17,19,22-23,25,28-29,31H,1-2,5-8,11-14,16,18,20-21H2,(H,36,41)(H,39,40)/t22-,25+,28-,29-,31-/m0/s1. The number of carbonyl (C=O) groups is 3. The van der Waals surface area contributed by atoms with Crippen LogP contribution >= 0.6 is 0 Å². The molecular weight excluding hydrogens is 546 g/mol. The van der Waals surface area contributed by atoms with E-state index in [1.807, 2.05) is 36.4 Å². The highest BCUT2D eigenvalue weighted by Crippen LogP contribution is 2.34. The van der Waals surface area contributed by atoms with Crippen molar-refractivity contribution in [3.05, 3.63) is 55.3 Å². The number of carboxylic acids is 1. The van der Waals surface area contributed by atoms with Crippen LogP contribution in [0.1, 0.15) is 76.3 Å². The van der Waals surface area contributed by atoms with Gasteiger partial charge >= 0.3 is 12.1 Å². The number of unbranched alkanes of at least 4 members (excludes halogenated alkanes) is 1. The molecule has 5 atom stereocenters. The lowest BCUT2D eigenvalue weighted by atomic mass is 9.96. The van der Waals surface area contributed by atoms with Gasteiger partial charge in [0.1, 0.15) is 35.7 Å². The minimum absolute atomic E-state index is 0.0708. The quantitative estimate of drug-likeness (QED) is 0.226. The number of carboxylic acid groups (broad SMARTS) is 1. The number of alkyl carbamates (subject to hydrolysis) is 1. The maximum absolute atomic E-state index is 14.1. The van der Waals surface area contributed by atoms with E-state index >= 15 is 0 Å². The van der Waals surface area contributed by atoms with Gasteiger partial charge in [-0.1, -0.05) is 43.7 Å². The Bertz CT molecular complexity index is 1340. The van der Waals surface area contributed by atoms with Gasteiger partial charge < -0.3 is 24.8 Å². The summed E-state index contributed by atoms with van der Waals surface area (Å²) in [7, 11) is 0. The number of nitrogens with one attached hydrogen (secondary N) is 1. The summed E-state index contributed by atoms with van der Waals surface area (Å²) in [6.07, 6.45) is 11.6. The first-order valence-corrected chi connectivity index (χ1v) is 15.7. The van der Waals surface area contributed by atoms with Crippen LogP contribution in [0.25, 0.3) is 17.0 Å². The van der Waals surface area contributed by atoms with Gasteiger partial charge in [0.05, 0.1) is 12.1 Å². The van der Waals surface area contributed by atoms with Gasteiger partial charge in [0.15, 0.2) is 0 Å². The lowest BCUT2D eigenvalue weighted by Gasteiger charge is -2.31. The summed E-state index contributed by atoms with van der Waals surface area (Å²) >= 11 is 0. The topological polar surface area (TPSA) is 118 Å². The highest BCUT2D eigenvalue weighted by atomic mass is 16.6. The molecule has 230 valence electrons. The van der Waals surface area contributed by atoms with E-state index in [4.69, 9.17) is 9.47 Å². The molecule has 1 aromatic carbocycles. The zero-order chi connectivity index (χ0) is 30.3. The third-order valence-electron chi connectivity index (χ3n) is 9.28. The summed E-state index contributed by atoms with van der Waals surface area (Å²) in [5.41, 5.74) is 1.35. The minimum Gasteiger partial charge on any atom is -0.486 e. The number of hydrogen-bond acceptors (Lipinski definition) is 6. The van der Waals surface area contributed by atoms with Crippen molar-refractivity contribution in [3.8, 4) is 5.75 Å². The zero-order valence-corrected chi connectivity index (χ0v) is 24.8. The molecule has 2 aromatic rings. The summed E-state index contributed by atoms with van der Waals surface area (Å²) in [6, 6.07) is 7.60. The number of rotatable bonds is 12. The van der Waals surface area contributed by atoms with Crippen LogP contribution in [0.5, 0.6) is 5.75 Å². The molecule has 0 radical (unpaired) electrons. The predicted molar refractivity (Wildman–Crippen MR) is 165 cm³/mol. The number of carbonyl (C=O) groups excluding carboxylic acids is 2. The Morgan fingerprint density at radius 2 is 1.91 bits per heavy atom. The van der Waals surface area contributed by atoms with Crippen molar-refractivity contribution in [2.75, 3.05) is 6.54 Å². The number of aromatic nitrogens is 1. The Labute approximate surface area is 253 Å². The number of allylic oxidation sites excluding steroid dienone is 1. The van der Waals surface area contributed by atoms with E-state index in [0.29, 0.717) is 17.4 Å². The molecule has 1 aromatic heterocycles. The van der Waals surface area contributed by atoms with Gasteiger partial charge in [-0.2, -0.15) is 0 Å². The molecule has 5 rings (SSSR count). The van der Waals surface area contributed by atoms with E-state index in [-0.39, 0.29) is 25.0 Å². The van der Waals surface area contributed by atoms with Crippen LogP contribution in [0.4, 0.5) is 4.79 Å². The molecule has 0 spiro atoms. The van der Waals surface area contributed by atoms with Crippen LogP contribution in [-0.4, -0.2) is 63.8 Å². The molecule has 2 amide bonds. The number of fused-ring (bicyclic) bond motifs is 1. The van der Waals surface area contributed by atoms with Crippen molar-refractivity contribution in [2.45, 2.75) is 94.9 Å². The van der Waals surface area contributed by atoms with Crippen molar-refractivity contribution in [1.82, 2.24) is 15.2 Å². The fraction of sp³-hybridized carbons (Fsp3) is 0.529. The van der Waals surface area contributed by atoms with E-state index in [9.17, 15) is 19.5 Å². The lowest BCUT2D eigenvalue weighted by molar-refractivity contribution is -0.149. The second-order valence-corrected chi connectivity index (χ2v) is 12.1. The Morgan fingerprint density at radius 1 is 1.12 bits per heavy atom. The van der Waals surface area contributed by atoms with Crippen LogP contribution in [0, 0.1) is 11.8 Å². The molecule has 2 aliphatic carbocycles. The van der Waals surface area contributed by atoms with Crippen LogP contribution in [0.3, 0.4) is 0 Å². The van der Waals surface area contributed by atoms with Crippen molar-refractivity contribution in [1.29, 1.82) is 0 Å². The number of nitrogens with zero attached hydrogens (tertiary/aromatic N) is 2. The largest absolute Gasteiger partial charge is 0.486 e. The molecule has 2 heterocycles. The third-order valence-corrected chi connectivity index (χ3v) is 9.28. The van der Waals surface area contributed by atoms with Crippen LogP contribution in [0.15, 0.2) is 49.6 Å². The molecule has 1 saturated heterocycles. The molecule has 9 nitrogen and oxygen atoms in total. The molecule has 3 aliphatic rings. The molecule has 1 aliphatic heterocycles. The summed E-state index contributed by atoms with van der Waals surface area (Å²) in [6.45, 7) is 7.74. The lowest BCUT2D eigenvalue weighted by Crippen LogP contribution is -2.55. The molecular formula is C34H43N3O6. The highest BCUT2D eigenvalue weighted by molar-refractivity contribution is 5.90. The van der Waals surface area contributed by atoms with Gasteiger partial charge in [0, 0.05) is 11.8 Å². The number of ether oxygens (including phenoxy) is 2. The van der Waals surface area contributed by atoms with Crippen molar-refractivity contribution >= 4 is 34.9 Å². The zero-order valence-electron chi connectivity index (χ0n) is 24.8. The molecule has 3 fully saturated rings. The minimum atomic E-state index is -1.10. The van der Waals surface area contributed by atoms with Gasteiger partial charge in [-0.05, 0) is 81.4 Å². The van der Waals surface area contributed by atoms with Gasteiger partial charge in [-0.25, -0.2) is 14.6 Å². The van der Waals surface area contributed by atoms with Crippen LogP contribution in [0.2, 0.25) is 0 Å². The van der Waals surface area contributed by atoms with Crippen LogP contribution in [-0.2, 0) is 14.3 Å². The number of likely N-dealkylation sites (tertiary alicyclic amines) is 1. The maximum Gasteiger partial charge on any atom is 0.408 e. The van der Waals surface area contributed by atoms with E-state index in [1.54, 1.807) is 6.08 Å². The Balaban J connectivity index is 1.29. The van der Waals surface area contributed by atoms with Crippen molar-refractivity contribution in [3.63, 3.8) is 0 Å². The van der Waals surface area contributed by atoms with E-state index in [0.717, 1.165) is 75.1 Å². The molecule has 43 heavy (non-hydrogen) atoms. The second kappa shape index (κ2) is 14.1. The first-order chi connectivity index (χ1) is 20.9. The smallest absolute Gasteiger partial charge is 0.408 e. The van der Waals surface area contributed by atoms with Gasteiger partial charge in [-0.15, -0.1) is 6.58 Å². The normalized spacial score (nSPS) is 24.5. The number of hydrogen-bond donors (Lipinski definition) is 2. The fourth-order valence-corrected chi connectivity index (χ4v) is 7.05. The van der Waals surface area contributed by atoms with E-state index in [1.165, 1.54) is 4.90 Å². The number of para-hydroxylation sites is 1. The first kappa shape index (κ1) is 30.6. The Hall–Kier alpha value is -3.88. The summed E-state index contributed by atoms with van der Waals surface area (Å²) in [5, 5.41) is 13.9. The summed E-state index contributed by atoms with van der Waals surface area (Å²) in [5.74, 6) is -0.758. The Kier molecular flexibility index (Phi) is 10.00. The number of amides is 2. The molecule has 9 heteroatoms. The number of pyridine rings is 1. The van der Waals surface area contributed by atoms with E-state index in [2.05, 4.69) is 23.5 Å². The molecule has 2 N–H and O–H groups in total. The fourth-order valence-electron chi connectivity index (χ4n) is 7.05. The monoisotopic (exact) mass is 589 g/mol. The predicted octanol–water partition coefficient (Wildman–Crippen LogP) is 6.12. The maximum atomic E-state index is 14.1. The van der Waals surface area contributed by atoms with Gasteiger partial charge in [0.25, 0.3) is 0 Å². The average molecular weight is 590 g/mol. The van der Waals surface area contributed by atoms with Crippen molar-refractivity contribution < 1.29 is 29.0 Å². The number of aliphatic carboxylic acids is 1.